The quantitative estimate of drug-likeness (QED) is 0.803. The van der Waals surface area contributed by atoms with Gasteiger partial charge in [0.05, 0.1) is 13.0 Å². The van der Waals surface area contributed by atoms with Crippen LogP contribution in [0.2, 0.25) is 0 Å². The molecule has 0 spiro atoms. The zero-order chi connectivity index (χ0) is 11.2. The van der Waals surface area contributed by atoms with Gasteiger partial charge >= 0.3 is 0 Å². The van der Waals surface area contributed by atoms with Crippen molar-refractivity contribution in [2.24, 2.45) is 5.92 Å². The maximum Gasteiger partial charge on any atom is 0.228 e. The lowest BCUT2D eigenvalue weighted by molar-refractivity contribution is 0.192. The molecule has 0 saturated carbocycles. The molecule has 5 nitrogen and oxygen atoms in total. The fourth-order valence-electron chi connectivity index (χ4n) is 2.01. The summed E-state index contributed by atoms with van der Waals surface area (Å²) in [5.74, 6) is 2.23. The van der Waals surface area contributed by atoms with Crippen molar-refractivity contribution >= 4 is 0 Å². The standard InChI is InChI=1S/C11H19N3O2/c1-15-7-4-11-13-10(14-16-11)8-9-2-5-12-6-3-9/h9,12H,2-8H2,1H3. The van der Waals surface area contributed by atoms with E-state index in [-0.39, 0.29) is 0 Å². The van der Waals surface area contributed by atoms with Gasteiger partial charge in [-0.1, -0.05) is 5.16 Å². The van der Waals surface area contributed by atoms with E-state index in [0.29, 0.717) is 24.8 Å². The SMILES string of the molecule is COCCc1nc(CC2CCNCC2)no1. The van der Waals surface area contributed by atoms with Crippen LogP contribution in [0.4, 0.5) is 0 Å². The molecule has 0 atom stereocenters. The number of hydrogen-bond acceptors (Lipinski definition) is 5. The smallest absolute Gasteiger partial charge is 0.228 e. The van der Waals surface area contributed by atoms with Crippen LogP contribution in [-0.4, -0.2) is 36.9 Å². The lowest BCUT2D eigenvalue weighted by atomic mass is 9.94. The molecule has 0 aromatic carbocycles. The molecule has 1 fully saturated rings. The summed E-state index contributed by atoms with van der Waals surface area (Å²) in [6, 6.07) is 0. The summed E-state index contributed by atoms with van der Waals surface area (Å²) in [6.07, 6.45) is 4.07. The molecule has 0 unspecified atom stereocenters. The van der Waals surface area contributed by atoms with Crippen molar-refractivity contribution in [2.45, 2.75) is 25.7 Å². The van der Waals surface area contributed by atoms with Crippen molar-refractivity contribution < 1.29 is 9.26 Å². The van der Waals surface area contributed by atoms with Crippen LogP contribution in [0.1, 0.15) is 24.6 Å². The molecule has 0 aliphatic carbocycles. The molecule has 1 aliphatic heterocycles. The van der Waals surface area contributed by atoms with Crippen molar-refractivity contribution in [1.82, 2.24) is 15.5 Å². The van der Waals surface area contributed by atoms with Crippen molar-refractivity contribution in [2.75, 3.05) is 26.8 Å². The van der Waals surface area contributed by atoms with Gasteiger partial charge in [0.25, 0.3) is 0 Å². The molecule has 1 aromatic heterocycles. The fourth-order valence-corrected chi connectivity index (χ4v) is 2.01. The predicted octanol–water partition coefficient (Wildman–Crippen LogP) is 0.801. The molecule has 2 heterocycles. The van der Waals surface area contributed by atoms with Gasteiger partial charge in [-0.3, -0.25) is 0 Å². The molecule has 1 saturated heterocycles. The molecule has 0 radical (unpaired) electrons. The Balaban J connectivity index is 1.81. The molecule has 1 aliphatic rings. The zero-order valence-electron chi connectivity index (χ0n) is 9.74. The molecule has 5 heteroatoms. The van der Waals surface area contributed by atoms with Gasteiger partial charge < -0.3 is 14.6 Å². The summed E-state index contributed by atoms with van der Waals surface area (Å²) >= 11 is 0. The molecular weight excluding hydrogens is 206 g/mol. The Labute approximate surface area is 95.6 Å². The topological polar surface area (TPSA) is 60.2 Å². The van der Waals surface area contributed by atoms with E-state index in [2.05, 4.69) is 15.5 Å². The average molecular weight is 225 g/mol. The number of rotatable bonds is 5. The molecule has 1 aromatic rings. The summed E-state index contributed by atoms with van der Waals surface area (Å²) in [7, 11) is 1.67. The Morgan fingerprint density at radius 2 is 2.25 bits per heavy atom. The second kappa shape index (κ2) is 5.96. The van der Waals surface area contributed by atoms with E-state index in [1.165, 1.54) is 12.8 Å². The first kappa shape index (κ1) is 11.5. The molecule has 0 bridgehead atoms. The fraction of sp³-hybridized carbons (Fsp3) is 0.818. The highest BCUT2D eigenvalue weighted by Crippen LogP contribution is 2.16. The minimum Gasteiger partial charge on any atom is -0.384 e. The highest BCUT2D eigenvalue weighted by Gasteiger charge is 2.16. The summed E-state index contributed by atoms with van der Waals surface area (Å²) in [6.45, 7) is 2.85. The molecule has 16 heavy (non-hydrogen) atoms. The van der Waals surface area contributed by atoms with E-state index >= 15 is 0 Å². The number of methoxy groups -OCH3 is 1. The Kier molecular flexibility index (Phi) is 4.30. The van der Waals surface area contributed by atoms with E-state index in [4.69, 9.17) is 9.26 Å². The van der Waals surface area contributed by atoms with Gasteiger partial charge in [0.1, 0.15) is 0 Å². The van der Waals surface area contributed by atoms with Crippen molar-refractivity contribution in [3.63, 3.8) is 0 Å². The first-order valence-corrected chi connectivity index (χ1v) is 5.89. The van der Waals surface area contributed by atoms with Crippen molar-refractivity contribution in [1.29, 1.82) is 0 Å². The zero-order valence-corrected chi connectivity index (χ0v) is 9.74. The van der Waals surface area contributed by atoms with Crippen LogP contribution >= 0.6 is 0 Å². The van der Waals surface area contributed by atoms with Crippen LogP contribution in [0.15, 0.2) is 4.52 Å². The third-order valence-electron chi connectivity index (χ3n) is 2.96. The van der Waals surface area contributed by atoms with Gasteiger partial charge in [0.2, 0.25) is 5.89 Å². The summed E-state index contributed by atoms with van der Waals surface area (Å²) in [5, 5.41) is 7.35. The van der Waals surface area contributed by atoms with E-state index < -0.39 is 0 Å². The minimum atomic E-state index is 0.634. The van der Waals surface area contributed by atoms with Crippen molar-refractivity contribution in [3.8, 4) is 0 Å². The van der Waals surface area contributed by atoms with Gasteiger partial charge in [-0.15, -0.1) is 0 Å². The maximum absolute atomic E-state index is 5.15. The van der Waals surface area contributed by atoms with E-state index in [1.807, 2.05) is 0 Å². The normalized spacial score (nSPS) is 17.8. The second-order valence-corrected chi connectivity index (χ2v) is 4.24. The van der Waals surface area contributed by atoms with E-state index in [1.54, 1.807) is 7.11 Å². The first-order valence-electron chi connectivity index (χ1n) is 5.89. The van der Waals surface area contributed by atoms with Crippen LogP contribution in [0.3, 0.4) is 0 Å². The van der Waals surface area contributed by atoms with E-state index in [0.717, 1.165) is 25.3 Å². The van der Waals surface area contributed by atoms with E-state index in [9.17, 15) is 0 Å². The largest absolute Gasteiger partial charge is 0.384 e. The molecule has 2 rings (SSSR count). The third-order valence-corrected chi connectivity index (χ3v) is 2.96. The Morgan fingerprint density at radius 1 is 1.44 bits per heavy atom. The highest BCUT2D eigenvalue weighted by molar-refractivity contribution is 4.89. The van der Waals surface area contributed by atoms with Gasteiger partial charge in [0, 0.05) is 13.5 Å². The Bertz CT molecular complexity index is 308. The van der Waals surface area contributed by atoms with Crippen LogP contribution in [0.5, 0.6) is 0 Å². The summed E-state index contributed by atoms with van der Waals surface area (Å²) in [5.41, 5.74) is 0. The van der Waals surface area contributed by atoms with Gasteiger partial charge in [-0.05, 0) is 31.8 Å². The Hall–Kier alpha value is -0.940. The second-order valence-electron chi connectivity index (χ2n) is 4.24. The van der Waals surface area contributed by atoms with Crippen LogP contribution in [0.25, 0.3) is 0 Å². The number of nitrogens with zero attached hydrogens (tertiary/aromatic N) is 2. The molecule has 90 valence electrons. The van der Waals surface area contributed by atoms with Gasteiger partial charge in [0.15, 0.2) is 5.82 Å². The maximum atomic E-state index is 5.15. The average Bonchev–Trinajstić information content (AvgIpc) is 2.75. The summed E-state index contributed by atoms with van der Waals surface area (Å²) in [4.78, 5) is 4.36. The number of hydrogen-bond donors (Lipinski definition) is 1. The van der Waals surface area contributed by atoms with Gasteiger partial charge in [-0.2, -0.15) is 4.98 Å². The lowest BCUT2D eigenvalue weighted by Crippen LogP contribution is -2.28. The highest BCUT2D eigenvalue weighted by atomic mass is 16.5. The van der Waals surface area contributed by atoms with Crippen LogP contribution in [-0.2, 0) is 17.6 Å². The minimum absolute atomic E-state index is 0.634. The monoisotopic (exact) mass is 225 g/mol. The number of piperidine rings is 1. The Morgan fingerprint density at radius 3 is 3.00 bits per heavy atom. The first-order chi connectivity index (χ1) is 7.88. The number of ether oxygens (including phenoxy) is 1. The predicted molar refractivity (Wildman–Crippen MR) is 59.2 cm³/mol. The van der Waals surface area contributed by atoms with Crippen LogP contribution in [0, 0.1) is 5.92 Å². The lowest BCUT2D eigenvalue weighted by Gasteiger charge is -2.20. The van der Waals surface area contributed by atoms with Gasteiger partial charge in [-0.25, -0.2) is 0 Å². The molecular formula is C11H19N3O2. The number of nitrogens with one attached hydrogen (secondary N) is 1. The van der Waals surface area contributed by atoms with Crippen molar-refractivity contribution in [3.05, 3.63) is 11.7 Å². The third kappa shape index (κ3) is 3.28. The van der Waals surface area contributed by atoms with Crippen LogP contribution < -0.4 is 5.32 Å². The number of aromatic nitrogens is 2. The molecule has 0 amide bonds. The molecule has 1 N–H and O–H groups in total. The summed E-state index contributed by atoms with van der Waals surface area (Å²) < 4.78 is 10.1.